The molecule has 4 heteroatoms. The van der Waals surface area contributed by atoms with Gasteiger partial charge in [0.2, 0.25) is 0 Å². The number of aliphatic hydroxyl groups excluding tert-OH is 1. The van der Waals surface area contributed by atoms with E-state index in [2.05, 4.69) is 60.4 Å². The molecule has 158 valence electrons. The summed E-state index contributed by atoms with van der Waals surface area (Å²) in [4.78, 5) is 2.38. The van der Waals surface area contributed by atoms with Gasteiger partial charge in [-0.25, -0.2) is 0 Å². The van der Waals surface area contributed by atoms with Crippen molar-refractivity contribution in [2.45, 2.75) is 38.0 Å². The third-order valence-corrected chi connectivity index (χ3v) is 6.00. The molecule has 0 bridgehead atoms. The number of aliphatic hydroxyl groups is 1. The zero-order valence-corrected chi connectivity index (χ0v) is 18.2. The number of rotatable bonds is 6. The third-order valence-electron chi connectivity index (χ3n) is 6.00. The van der Waals surface area contributed by atoms with Crippen LogP contribution in [-0.2, 0) is 6.61 Å². The molecule has 4 rings (SSSR count). The van der Waals surface area contributed by atoms with Crippen molar-refractivity contribution in [3.63, 3.8) is 0 Å². The van der Waals surface area contributed by atoms with Crippen LogP contribution in [0.4, 0.5) is 0 Å². The van der Waals surface area contributed by atoms with Crippen molar-refractivity contribution in [3.05, 3.63) is 102 Å². The summed E-state index contributed by atoms with van der Waals surface area (Å²) in [6, 6.07) is 29.3. The van der Waals surface area contributed by atoms with Crippen LogP contribution in [0, 0.1) is 0 Å². The molecule has 0 aromatic heterocycles. The van der Waals surface area contributed by atoms with Gasteiger partial charge in [0.25, 0.3) is 0 Å². The summed E-state index contributed by atoms with van der Waals surface area (Å²) in [5.41, 5.74) is 3.65. The molecule has 3 unspecified atom stereocenters. The van der Waals surface area contributed by atoms with E-state index in [-0.39, 0.29) is 24.4 Å². The molecule has 0 spiro atoms. The zero-order valence-electron chi connectivity index (χ0n) is 17.4. The third kappa shape index (κ3) is 5.42. The minimum Gasteiger partial charge on any atom is -0.489 e. The highest BCUT2D eigenvalue weighted by Gasteiger charge is 2.31. The van der Waals surface area contributed by atoms with Gasteiger partial charge in [-0.3, -0.25) is 4.90 Å². The molecule has 0 aliphatic carbocycles. The number of nitrogens with zero attached hydrogens (tertiary/aromatic N) is 1. The van der Waals surface area contributed by atoms with E-state index in [0.717, 1.165) is 24.3 Å². The Balaban J connectivity index is 0.00000256. The number of hydrogen-bond donors (Lipinski definition) is 1. The van der Waals surface area contributed by atoms with Crippen LogP contribution >= 0.6 is 12.4 Å². The van der Waals surface area contributed by atoms with Gasteiger partial charge in [0, 0.05) is 18.5 Å². The van der Waals surface area contributed by atoms with Gasteiger partial charge in [-0.2, -0.15) is 0 Å². The second kappa shape index (κ2) is 10.6. The van der Waals surface area contributed by atoms with Gasteiger partial charge < -0.3 is 9.84 Å². The lowest BCUT2D eigenvalue weighted by molar-refractivity contribution is 0.0329. The van der Waals surface area contributed by atoms with E-state index in [9.17, 15) is 5.11 Å². The quantitative estimate of drug-likeness (QED) is 0.560. The van der Waals surface area contributed by atoms with Gasteiger partial charge in [0.05, 0.1) is 6.10 Å². The minimum absolute atomic E-state index is 0. The maximum atomic E-state index is 10.8. The van der Waals surface area contributed by atoms with Crippen molar-refractivity contribution in [2.75, 3.05) is 13.1 Å². The highest BCUT2D eigenvalue weighted by atomic mass is 35.5. The smallest absolute Gasteiger partial charge is 0.119 e. The first-order chi connectivity index (χ1) is 14.2. The molecule has 0 amide bonds. The summed E-state index contributed by atoms with van der Waals surface area (Å²) in [6.45, 7) is 4.48. The van der Waals surface area contributed by atoms with Gasteiger partial charge >= 0.3 is 0 Å². The molecule has 1 fully saturated rings. The van der Waals surface area contributed by atoms with Crippen LogP contribution in [0.15, 0.2) is 84.9 Å². The number of benzene rings is 3. The molecule has 30 heavy (non-hydrogen) atoms. The SMILES string of the molecule is CC(c1ccccc1)N1CCC(c2ccc(OCc3ccccc3)cc2)C(O)C1.Cl. The Kier molecular flexibility index (Phi) is 7.92. The summed E-state index contributed by atoms with van der Waals surface area (Å²) in [6.07, 6.45) is 0.605. The van der Waals surface area contributed by atoms with E-state index in [1.807, 2.05) is 36.4 Å². The van der Waals surface area contributed by atoms with E-state index in [4.69, 9.17) is 4.74 Å². The Labute approximate surface area is 185 Å². The van der Waals surface area contributed by atoms with Gasteiger partial charge in [0.15, 0.2) is 0 Å². The number of likely N-dealkylation sites (tertiary alicyclic amines) is 1. The van der Waals surface area contributed by atoms with Crippen LogP contribution in [0.3, 0.4) is 0 Å². The maximum absolute atomic E-state index is 10.8. The predicted molar refractivity (Wildman–Crippen MR) is 124 cm³/mol. The fraction of sp³-hybridized carbons (Fsp3) is 0.308. The van der Waals surface area contributed by atoms with E-state index in [1.54, 1.807) is 0 Å². The normalized spacial score (nSPS) is 20.2. The van der Waals surface area contributed by atoms with Gasteiger partial charge in [-0.15, -0.1) is 12.4 Å². The second-order valence-corrected chi connectivity index (χ2v) is 7.89. The number of β-amino-alcohol motifs (C(OH)–C–C–N with tert-alkyl or cyclic N) is 1. The molecule has 1 N–H and O–H groups in total. The average molecular weight is 424 g/mol. The Morgan fingerprint density at radius 1 is 0.933 bits per heavy atom. The molecule has 0 radical (unpaired) electrons. The van der Waals surface area contributed by atoms with Gasteiger partial charge in [0.1, 0.15) is 12.4 Å². The van der Waals surface area contributed by atoms with Crippen molar-refractivity contribution in [2.24, 2.45) is 0 Å². The number of ether oxygens (including phenoxy) is 1. The number of hydrogen-bond acceptors (Lipinski definition) is 3. The summed E-state index contributed by atoms with van der Waals surface area (Å²) in [7, 11) is 0. The minimum atomic E-state index is -0.356. The topological polar surface area (TPSA) is 32.7 Å². The first kappa shape index (κ1) is 22.4. The van der Waals surface area contributed by atoms with Crippen molar-refractivity contribution in [1.29, 1.82) is 0 Å². The lowest BCUT2D eigenvalue weighted by Gasteiger charge is -2.39. The first-order valence-electron chi connectivity index (χ1n) is 10.4. The molecule has 3 aromatic carbocycles. The summed E-state index contributed by atoms with van der Waals surface area (Å²) >= 11 is 0. The van der Waals surface area contributed by atoms with Crippen LogP contribution in [0.5, 0.6) is 5.75 Å². The van der Waals surface area contributed by atoms with Crippen LogP contribution in [0.25, 0.3) is 0 Å². The van der Waals surface area contributed by atoms with E-state index >= 15 is 0 Å². The van der Waals surface area contributed by atoms with E-state index in [1.165, 1.54) is 11.1 Å². The Morgan fingerprint density at radius 3 is 2.20 bits per heavy atom. The Bertz CT molecular complexity index is 886. The summed E-state index contributed by atoms with van der Waals surface area (Å²) < 4.78 is 5.89. The standard InChI is InChI=1S/C26H29NO2.ClH/c1-20(22-10-6-3-7-11-22)27-17-16-25(26(28)18-27)23-12-14-24(15-13-23)29-19-21-8-4-2-5-9-21;/h2-15,20,25-26,28H,16-19H2,1H3;1H. The van der Waals surface area contributed by atoms with Gasteiger partial charge in [-0.05, 0) is 48.7 Å². The van der Waals surface area contributed by atoms with Crippen molar-refractivity contribution in [3.8, 4) is 5.75 Å². The molecule has 3 atom stereocenters. The van der Waals surface area contributed by atoms with Crippen molar-refractivity contribution < 1.29 is 9.84 Å². The van der Waals surface area contributed by atoms with Crippen molar-refractivity contribution >= 4 is 12.4 Å². The van der Waals surface area contributed by atoms with Gasteiger partial charge in [-0.1, -0.05) is 72.8 Å². The largest absolute Gasteiger partial charge is 0.489 e. The maximum Gasteiger partial charge on any atom is 0.119 e. The molecule has 1 aliphatic rings. The van der Waals surface area contributed by atoms with Crippen LogP contribution in [0.1, 0.15) is 42.0 Å². The molecule has 3 aromatic rings. The molecule has 3 nitrogen and oxygen atoms in total. The highest BCUT2D eigenvalue weighted by Crippen LogP contribution is 2.33. The molecule has 0 saturated carbocycles. The molecule has 1 saturated heterocycles. The fourth-order valence-electron chi connectivity index (χ4n) is 4.19. The lowest BCUT2D eigenvalue weighted by Crippen LogP contribution is -2.43. The number of piperidine rings is 1. The highest BCUT2D eigenvalue weighted by molar-refractivity contribution is 5.85. The fourth-order valence-corrected chi connectivity index (χ4v) is 4.19. The lowest BCUT2D eigenvalue weighted by atomic mass is 9.86. The van der Waals surface area contributed by atoms with Crippen molar-refractivity contribution in [1.82, 2.24) is 4.90 Å². The van der Waals surface area contributed by atoms with Crippen LogP contribution < -0.4 is 4.74 Å². The number of halogens is 1. The zero-order chi connectivity index (χ0) is 20.1. The molecular weight excluding hydrogens is 394 g/mol. The Morgan fingerprint density at radius 2 is 1.57 bits per heavy atom. The Hall–Kier alpha value is -2.33. The second-order valence-electron chi connectivity index (χ2n) is 7.89. The average Bonchev–Trinajstić information content (AvgIpc) is 2.79. The van der Waals surface area contributed by atoms with Crippen LogP contribution in [-0.4, -0.2) is 29.2 Å². The summed E-state index contributed by atoms with van der Waals surface area (Å²) in [5.74, 6) is 1.04. The summed E-state index contributed by atoms with van der Waals surface area (Å²) in [5, 5.41) is 10.8. The van der Waals surface area contributed by atoms with E-state index in [0.29, 0.717) is 19.2 Å². The van der Waals surface area contributed by atoms with E-state index < -0.39 is 0 Å². The monoisotopic (exact) mass is 423 g/mol. The first-order valence-corrected chi connectivity index (χ1v) is 10.4. The molecule has 1 aliphatic heterocycles. The molecule has 1 heterocycles. The molecular formula is C26H30ClNO2. The van der Waals surface area contributed by atoms with Crippen LogP contribution in [0.2, 0.25) is 0 Å². The predicted octanol–water partition coefficient (Wildman–Crippen LogP) is 5.60.